The molecule has 0 N–H and O–H groups in total. The van der Waals surface area contributed by atoms with Gasteiger partial charge in [0.15, 0.2) is 6.29 Å². The molecule has 1 saturated heterocycles. The largest absolute Gasteiger partial charge is 0.350 e. The molecule has 1 heterocycles. The highest BCUT2D eigenvalue weighted by Gasteiger charge is 2.34. The van der Waals surface area contributed by atoms with Gasteiger partial charge in [-0.05, 0) is 5.92 Å². The fourth-order valence-corrected chi connectivity index (χ4v) is 2.87. The molecule has 15 heavy (non-hydrogen) atoms. The van der Waals surface area contributed by atoms with Gasteiger partial charge in [-0.25, -0.2) is 0 Å². The van der Waals surface area contributed by atoms with Crippen LogP contribution in [0.2, 0.25) is 0 Å². The molecule has 0 bridgehead atoms. The van der Waals surface area contributed by atoms with Gasteiger partial charge in [0.25, 0.3) is 0 Å². The molecule has 1 saturated carbocycles. The van der Waals surface area contributed by atoms with Gasteiger partial charge in [0.1, 0.15) is 0 Å². The zero-order chi connectivity index (χ0) is 10.7. The van der Waals surface area contributed by atoms with Gasteiger partial charge in [0.2, 0.25) is 0 Å². The van der Waals surface area contributed by atoms with Gasteiger partial charge in [-0.15, -0.1) is 11.6 Å². The minimum Gasteiger partial charge on any atom is -0.350 e. The zero-order valence-electron chi connectivity index (χ0n) is 9.45. The minimum atomic E-state index is -0.00292. The second-order valence-corrected chi connectivity index (χ2v) is 5.18. The molecule has 88 valence electrons. The molecule has 2 nitrogen and oxygen atoms in total. The Kier molecular flexibility index (Phi) is 4.30. The predicted molar refractivity (Wildman–Crippen MR) is 61.1 cm³/mol. The van der Waals surface area contributed by atoms with Crippen molar-refractivity contribution >= 4 is 11.6 Å². The molecule has 0 amide bonds. The molecule has 0 spiro atoms. The van der Waals surface area contributed by atoms with Gasteiger partial charge in [-0.3, -0.25) is 0 Å². The summed E-state index contributed by atoms with van der Waals surface area (Å²) in [5, 5.41) is 0. The molecular weight excluding hydrogens is 212 g/mol. The average Bonchev–Trinajstić information content (AvgIpc) is 2.78. The number of halogens is 1. The topological polar surface area (TPSA) is 18.5 Å². The van der Waals surface area contributed by atoms with E-state index in [1.165, 1.54) is 32.1 Å². The van der Waals surface area contributed by atoms with E-state index < -0.39 is 0 Å². The maximum Gasteiger partial charge on any atom is 0.161 e. The van der Waals surface area contributed by atoms with Crippen LogP contribution < -0.4 is 0 Å². The van der Waals surface area contributed by atoms with Crippen LogP contribution in [0.15, 0.2) is 0 Å². The highest BCUT2D eigenvalue weighted by atomic mass is 35.5. The third-order valence-corrected chi connectivity index (χ3v) is 4.11. The first-order valence-electron chi connectivity index (χ1n) is 6.14. The first-order chi connectivity index (χ1) is 7.31. The molecule has 3 heteroatoms. The van der Waals surface area contributed by atoms with Crippen molar-refractivity contribution < 1.29 is 9.47 Å². The van der Waals surface area contributed by atoms with Crippen molar-refractivity contribution in [1.29, 1.82) is 0 Å². The Morgan fingerprint density at radius 1 is 1.27 bits per heavy atom. The second-order valence-electron chi connectivity index (χ2n) is 4.87. The number of rotatable bonds is 3. The van der Waals surface area contributed by atoms with Gasteiger partial charge in [-0.1, -0.05) is 39.0 Å². The standard InChI is InChI=1S/C12H21ClO2/c1-9(10-5-3-2-4-6-10)12-14-8-11(7-13)15-12/h9-12H,2-8H2,1H3. The smallest absolute Gasteiger partial charge is 0.161 e. The first kappa shape index (κ1) is 11.7. The molecular formula is C12H21ClO2. The number of hydrogen-bond acceptors (Lipinski definition) is 2. The van der Waals surface area contributed by atoms with E-state index in [0.29, 0.717) is 18.4 Å². The van der Waals surface area contributed by atoms with Crippen LogP contribution in [0, 0.1) is 11.8 Å². The predicted octanol–water partition coefficient (Wildman–Crippen LogP) is 3.18. The Morgan fingerprint density at radius 3 is 2.60 bits per heavy atom. The molecule has 2 fully saturated rings. The van der Waals surface area contributed by atoms with E-state index >= 15 is 0 Å². The van der Waals surface area contributed by atoms with E-state index in [0.717, 1.165) is 5.92 Å². The molecule has 3 atom stereocenters. The summed E-state index contributed by atoms with van der Waals surface area (Å²) < 4.78 is 11.4. The second kappa shape index (κ2) is 5.51. The maximum absolute atomic E-state index is 5.77. The third kappa shape index (κ3) is 2.86. The van der Waals surface area contributed by atoms with Crippen LogP contribution in [0.5, 0.6) is 0 Å². The number of ether oxygens (including phenoxy) is 2. The van der Waals surface area contributed by atoms with Gasteiger partial charge in [-0.2, -0.15) is 0 Å². The Hall–Kier alpha value is 0.210. The van der Waals surface area contributed by atoms with E-state index in [9.17, 15) is 0 Å². The molecule has 0 radical (unpaired) electrons. The molecule has 3 unspecified atom stereocenters. The lowest BCUT2D eigenvalue weighted by molar-refractivity contribution is -0.107. The van der Waals surface area contributed by atoms with Crippen molar-refractivity contribution in [2.24, 2.45) is 11.8 Å². The van der Waals surface area contributed by atoms with Crippen molar-refractivity contribution in [3.05, 3.63) is 0 Å². The van der Waals surface area contributed by atoms with Crippen molar-refractivity contribution in [2.45, 2.75) is 51.4 Å². The van der Waals surface area contributed by atoms with Crippen LogP contribution in [0.1, 0.15) is 39.0 Å². The summed E-state index contributed by atoms with van der Waals surface area (Å²) >= 11 is 5.76. The Bertz CT molecular complexity index is 192. The fourth-order valence-electron chi connectivity index (χ4n) is 2.71. The molecule has 2 rings (SSSR count). The summed E-state index contributed by atoms with van der Waals surface area (Å²) in [4.78, 5) is 0. The normalized spacial score (nSPS) is 35.6. The summed E-state index contributed by atoms with van der Waals surface area (Å²) in [6, 6.07) is 0. The van der Waals surface area contributed by atoms with Crippen LogP contribution in [0.25, 0.3) is 0 Å². The van der Waals surface area contributed by atoms with Crippen molar-refractivity contribution in [2.75, 3.05) is 12.5 Å². The van der Waals surface area contributed by atoms with Crippen molar-refractivity contribution in [3.8, 4) is 0 Å². The summed E-state index contributed by atoms with van der Waals surface area (Å²) in [5.74, 6) is 1.87. The Balaban J connectivity index is 1.82. The van der Waals surface area contributed by atoms with Gasteiger partial charge in [0.05, 0.1) is 18.6 Å². The van der Waals surface area contributed by atoms with E-state index in [1.807, 2.05) is 0 Å². The zero-order valence-corrected chi connectivity index (χ0v) is 10.2. The van der Waals surface area contributed by atoms with E-state index in [2.05, 4.69) is 6.92 Å². The van der Waals surface area contributed by atoms with Crippen molar-refractivity contribution in [1.82, 2.24) is 0 Å². The maximum atomic E-state index is 5.77. The van der Waals surface area contributed by atoms with E-state index in [1.54, 1.807) is 0 Å². The monoisotopic (exact) mass is 232 g/mol. The molecule has 0 aromatic carbocycles. The van der Waals surface area contributed by atoms with Crippen LogP contribution in [0.4, 0.5) is 0 Å². The molecule has 2 aliphatic rings. The third-order valence-electron chi connectivity index (χ3n) is 3.77. The van der Waals surface area contributed by atoms with Crippen LogP contribution in [-0.2, 0) is 9.47 Å². The lowest BCUT2D eigenvalue weighted by Crippen LogP contribution is -2.28. The number of hydrogen-bond donors (Lipinski definition) is 0. The molecule has 0 aromatic rings. The quantitative estimate of drug-likeness (QED) is 0.696. The molecule has 1 aliphatic heterocycles. The van der Waals surface area contributed by atoms with Crippen LogP contribution in [-0.4, -0.2) is 24.9 Å². The Morgan fingerprint density at radius 2 is 2.00 bits per heavy atom. The fraction of sp³-hybridized carbons (Fsp3) is 1.00. The van der Waals surface area contributed by atoms with Crippen LogP contribution in [0.3, 0.4) is 0 Å². The molecule has 0 aromatic heterocycles. The highest BCUT2D eigenvalue weighted by Crippen LogP contribution is 2.34. The van der Waals surface area contributed by atoms with Crippen LogP contribution >= 0.6 is 11.6 Å². The van der Waals surface area contributed by atoms with E-state index in [-0.39, 0.29) is 12.4 Å². The summed E-state index contributed by atoms with van der Waals surface area (Å²) in [6.07, 6.45) is 6.95. The summed E-state index contributed by atoms with van der Waals surface area (Å²) in [7, 11) is 0. The Labute approximate surface area is 97.3 Å². The summed E-state index contributed by atoms with van der Waals surface area (Å²) in [6.45, 7) is 2.93. The first-order valence-corrected chi connectivity index (χ1v) is 6.67. The average molecular weight is 233 g/mol. The van der Waals surface area contributed by atoms with Gasteiger partial charge >= 0.3 is 0 Å². The SMILES string of the molecule is CC(C1CCCCC1)C1OCC(CCl)O1. The van der Waals surface area contributed by atoms with Crippen molar-refractivity contribution in [3.63, 3.8) is 0 Å². The highest BCUT2D eigenvalue weighted by molar-refractivity contribution is 6.18. The van der Waals surface area contributed by atoms with E-state index in [4.69, 9.17) is 21.1 Å². The molecule has 1 aliphatic carbocycles. The van der Waals surface area contributed by atoms with Gasteiger partial charge in [0, 0.05) is 5.92 Å². The summed E-state index contributed by atoms with van der Waals surface area (Å²) in [5.41, 5.74) is 0. The number of alkyl halides is 1. The lowest BCUT2D eigenvalue weighted by atomic mass is 9.80. The lowest BCUT2D eigenvalue weighted by Gasteiger charge is -2.30. The minimum absolute atomic E-state index is 0.00292. The van der Waals surface area contributed by atoms with Gasteiger partial charge < -0.3 is 9.47 Å².